The highest BCUT2D eigenvalue weighted by Crippen LogP contribution is 2.20. The van der Waals surface area contributed by atoms with Gasteiger partial charge < -0.3 is 16.0 Å². The molecule has 31 heavy (non-hydrogen) atoms. The van der Waals surface area contributed by atoms with Crippen molar-refractivity contribution in [1.82, 2.24) is 25.1 Å². The van der Waals surface area contributed by atoms with Crippen molar-refractivity contribution in [3.63, 3.8) is 0 Å². The van der Waals surface area contributed by atoms with Gasteiger partial charge in [-0.1, -0.05) is 36.4 Å². The number of nitrogens with one attached hydrogen (secondary N) is 1. The number of fused-ring (bicyclic) bond motifs is 1. The highest BCUT2D eigenvalue weighted by molar-refractivity contribution is 5.91. The predicted molar refractivity (Wildman–Crippen MR) is 122 cm³/mol. The fourth-order valence-electron chi connectivity index (χ4n) is 4.06. The number of carbonyl (C=O) groups is 1. The normalized spacial score (nSPS) is 16.9. The fraction of sp³-hybridized carbons (Fsp3) is 0.391. The first-order valence-electron chi connectivity index (χ1n) is 10.7. The molecule has 1 atom stereocenters. The molecule has 8 heteroatoms. The topological polar surface area (TPSA) is 102 Å². The zero-order valence-electron chi connectivity index (χ0n) is 18.1. The molecule has 0 radical (unpaired) electrons. The molecule has 0 bridgehead atoms. The number of nitrogens with zero attached hydrogens (tertiary/aromatic N) is 5. The molecule has 2 aromatic heterocycles. The average Bonchev–Trinajstić information content (AvgIpc) is 3.19. The number of nitrogens with two attached hydrogens (primary N) is 1. The summed E-state index contributed by atoms with van der Waals surface area (Å²) in [7, 11) is 0. The third kappa shape index (κ3) is 4.59. The Labute approximate surface area is 182 Å². The van der Waals surface area contributed by atoms with E-state index in [0.717, 1.165) is 48.1 Å². The Hall–Kier alpha value is -3.26. The van der Waals surface area contributed by atoms with Crippen LogP contribution in [0.3, 0.4) is 0 Å². The van der Waals surface area contributed by atoms with Gasteiger partial charge in [-0.2, -0.15) is 0 Å². The van der Waals surface area contributed by atoms with E-state index in [1.807, 2.05) is 54.8 Å². The summed E-state index contributed by atoms with van der Waals surface area (Å²) >= 11 is 0. The monoisotopic (exact) mass is 419 g/mol. The van der Waals surface area contributed by atoms with Crippen molar-refractivity contribution in [2.45, 2.75) is 45.8 Å². The maximum atomic E-state index is 13.1. The minimum atomic E-state index is -0.267. The number of hydrogen-bond acceptors (Lipinski definition) is 6. The van der Waals surface area contributed by atoms with Crippen LogP contribution in [0.15, 0.2) is 42.5 Å². The van der Waals surface area contributed by atoms with Gasteiger partial charge in [0, 0.05) is 36.8 Å². The van der Waals surface area contributed by atoms with Gasteiger partial charge in [-0.15, -0.1) is 10.2 Å². The van der Waals surface area contributed by atoms with Crippen molar-refractivity contribution in [2.24, 2.45) is 5.73 Å². The van der Waals surface area contributed by atoms with Gasteiger partial charge in [0.15, 0.2) is 0 Å². The van der Waals surface area contributed by atoms with Crippen LogP contribution in [0, 0.1) is 6.92 Å². The van der Waals surface area contributed by atoms with Gasteiger partial charge in [-0.25, -0.2) is 0 Å². The van der Waals surface area contributed by atoms with Crippen LogP contribution >= 0.6 is 0 Å². The number of aryl methyl sites for hydroxylation is 1. The quantitative estimate of drug-likeness (QED) is 0.596. The van der Waals surface area contributed by atoms with Crippen LogP contribution < -0.4 is 16.0 Å². The van der Waals surface area contributed by atoms with E-state index in [0.29, 0.717) is 24.9 Å². The molecule has 1 fully saturated rings. The molecule has 3 N–H and O–H groups in total. The SMILES string of the molecule is CC=CCn1c(C(=O)NCc2nc(C)cc3ccccc23)nnc1N1CCCC(N)C1. The van der Waals surface area contributed by atoms with E-state index in [9.17, 15) is 4.79 Å². The summed E-state index contributed by atoms with van der Waals surface area (Å²) in [6, 6.07) is 10.2. The number of allylic oxidation sites excluding steroid dienone is 2. The smallest absolute Gasteiger partial charge is 0.289 e. The summed E-state index contributed by atoms with van der Waals surface area (Å²) < 4.78 is 1.86. The van der Waals surface area contributed by atoms with E-state index in [1.165, 1.54) is 0 Å². The molecule has 8 nitrogen and oxygen atoms in total. The zero-order chi connectivity index (χ0) is 21.8. The lowest BCUT2D eigenvalue weighted by Gasteiger charge is -2.31. The zero-order valence-corrected chi connectivity index (χ0v) is 18.1. The molecular formula is C23H29N7O. The highest BCUT2D eigenvalue weighted by atomic mass is 16.2. The fourth-order valence-corrected chi connectivity index (χ4v) is 4.06. The second kappa shape index (κ2) is 9.26. The Morgan fingerprint density at radius 1 is 1.32 bits per heavy atom. The minimum Gasteiger partial charge on any atom is -0.344 e. The Bertz CT molecular complexity index is 1100. The second-order valence-electron chi connectivity index (χ2n) is 7.97. The van der Waals surface area contributed by atoms with Crippen LogP contribution in [0.5, 0.6) is 0 Å². The second-order valence-corrected chi connectivity index (χ2v) is 7.97. The predicted octanol–water partition coefficient (Wildman–Crippen LogP) is 2.57. The third-order valence-corrected chi connectivity index (χ3v) is 5.56. The summed E-state index contributed by atoms with van der Waals surface area (Å²) in [6.07, 6.45) is 5.95. The standard InChI is InChI=1S/C23H29N7O/c1-3-4-12-30-21(27-28-23(30)29-11-7-9-18(24)15-29)22(31)25-14-20-19-10-6-5-8-17(19)13-16(2)26-20/h3-6,8,10,13,18H,7,9,11-12,14-15,24H2,1-2H3,(H,25,31). The lowest BCUT2D eigenvalue weighted by atomic mass is 10.1. The van der Waals surface area contributed by atoms with Crippen LogP contribution in [-0.4, -0.2) is 44.8 Å². The number of anilines is 1. The van der Waals surface area contributed by atoms with E-state index >= 15 is 0 Å². The van der Waals surface area contributed by atoms with Crippen molar-refractivity contribution in [1.29, 1.82) is 0 Å². The number of hydrogen-bond donors (Lipinski definition) is 2. The van der Waals surface area contributed by atoms with Gasteiger partial charge in [0.05, 0.1) is 12.2 Å². The van der Waals surface area contributed by atoms with Gasteiger partial charge in [-0.3, -0.25) is 14.3 Å². The number of rotatable bonds is 6. The summed E-state index contributed by atoms with van der Waals surface area (Å²) in [5.74, 6) is 0.721. The molecule has 0 saturated carbocycles. The Morgan fingerprint density at radius 2 is 2.16 bits per heavy atom. The van der Waals surface area contributed by atoms with Crippen LogP contribution in [0.4, 0.5) is 5.95 Å². The average molecular weight is 420 g/mol. The molecule has 4 rings (SSSR count). The van der Waals surface area contributed by atoms with Gasteiger partial charge in [0.2, 0.25) is 11.8 Å². The molecule has 1 unspecified atom stereocenters. The molecule has 1 saturated heterocycles. The summed E-state index contributed by atoms with van der Waals surface area (Å²) in [5, 5.41) is 13.7. The highest BCUT2D eigenvalue weighted by Gasteiger charge is 2.25. The molecule has 162 valence electrons. The minimum absolute atomic E-state index is 0.110. The van der Waals surface area contributed by atoms with Gasteiger partial charge in [0.1, 0.15) is 0 Å². The Kier molecular flexibility index (Phi) is 6.27. The number of carbonyl (C=O) groups excluding carboxylic acids is 1. The first-order valence-corrected chi connectivity index (χ1v) is 10.7. The molecule has 1 amide bonds. The molecule has 1 aliphatic rings. The first-order chi connectivity index (χ1) is 15.1. The van der Waals surface area contributed by atoms with E-state index in [2.05, 4.69) is 31.5 Å². The molecule has 0 spiro atoms. The van der Waals surface area contributed by atoms with Crippen LogP contribution in [0.1, 0.15) is 41.8 Å². The molecular weight excluding hydrogens is 390 g/mol. The van der Waals surface area contributed by atoms with Crippen molar-refractivity contribution < 1.29 is 4.79 Å². The maximum Gasteiger partial charge on any atom is 0.289 e. The number of amides is 1. The van der Waals surface area contributed by atoms with E-state index in [1.54, 1.807) is 0 Å². The van der Waals surface area contributed by atoms with Gasteiger partial charge in [0.25, 0.3) is 5.91 Å². The van der Waals surface area contributed by atoms with Crippen molar-refractivity contribution in [3.05, 3.63) is 59.7 Å². The number of piperidine rings is 1. The molecule has 0 aliphatic carbocycles. The van der Waals surface area contributed by atoms with Crippen molar-refractivity contribution in [2.75, 3.05) is 18.0 Å². The molecule has 1 aliphatic heterocycles. The lowest BCUT2D eigenvalue weighted by molar-refractivity contribution is 0.0936. The van der Waals surface area contributed by atoms with Gasteiger partial charge in [-0.05, 0) is 38.1 Å². The lowest BCUT2D eigenvalue weighted by Crippen LogP contribution is -2.44. The maximum absolute atomic E-state index is 13.1. The van der Waals surface area contributed by atoms with Crippen LogP contribution in [0.2, 0.25) is 0 Å². The summed E-state index contributed by atoms with van der Waals surface area (Å²) in [5.41, 5.74) is 7.91. The molecule has 1 aromatic carbocycles. The van der Waals surface area contributed by atoms with E-state index in [4.69, 9.17) is 5.73 Å². The third-order valence-electron chi connectivity index (χ3n) is 5.56. The number of pyridine rings is 1. The summed E-state index contributed by atoms with van der Waals surface area (Å²) in [6.45, 7) is 6.34. The van der Waals surface area contributed by atoms with E-state index in [-0.39, 0.29) is 11.9 Å². The van der Waals surface area contributed by atoms with Crippen LogP contribution in [0.25, 0.3) is 10.8 Å². The largest absolute Gasteiger partial charge is 0.344 e. The van der Waals surface area contributed by atoms with Crippen LogP contribution in [-0.2, 0) is 13.1 Å². The number of benzene rings is 1. The molecule has 3 aromatic rings. The first kappa shape index (κ1) is 21.0. The summed E-state index contributed by atoms with van der Waals surface area (Å²) in [4.78, 5) is 19.8. The Morgan fingerprint density at radius 3 is 2.97 bits per heavy atom. The van der Waals surface area contributed by atoms with Crippen molar-refractivity contribution >= 4 is 22.6 Å². The van der Waals surface area contributed by atoms with E-state index < -0.39 is 0 Å². The number of aromatic nitrogens is 4. The molecule has 3 heterocycles. The Balaban J connectivity index is 1.57. The van der Waals surface area contributed by atoms with Gasteiger partial charge >= 0.3 is 0 Å². The van der Waals surface area contributed by atoms with Crippen molar-refractivity contribution in [3.8, 4) is 0 Å².